The van der Waals surface area contributed by atoms with Crippen molar-refractivity contribution in [2.24, 2.45) is 0 Å². The molecule has 1 unspecified atom stereocenters. The molecule has 1 N–H and O–H groups in total. The average Bonchev–Trinajstić information content (AvgIpc) is 2.91. The van der Waals surface area contributed by atoms with E-state index in [1.807, 2.05) is 18.2 Å². The summed E-state index contributed by atoms with van der Waals surface area (Å²) in [5.41, 5.74) is 0.950. The second kappa shape index (κ2) is 18.5. The lowest BCUT2D eigenvalue weighted by molar-refractivity contribution is -0.126. The Morgan fingerprint density at radius 2 is 1.24 bits per heavy atom. The van der Waals surface area contributed by atoms with Gasteiger partial charge >= 0.3 is 0 Å². The smallest absolute Gasteiger partial charge is 0.276 e. The maximum atomic E-state index is 13.3. The Morgan fingerprint density at radius 1 is 0.757 bits per heavy atom. The summed E-state index contributed by atoms with van der Waals surface area (Å²) >= 11 is 9.33. The highest BCUT2D eigenvalue weighted by molar-refractivity contribution is 9.10. The van der Waals surface area contributed by atoms with Gasteiger partial charge in [-0.1, -0.05) is 120 Å². The van der Waals surface area contributed by atoms with Crippen LogP contribution in [0.25, 0.3) is 0 Å². The standard InChI is InChI=1S/C31H43BrClNO3/c1-2-3-4-5-6-7-8-9-10-11-12-13-14-18-25-37-31(32,29(35)26-21-23-27(33)24-22-26)30(36)34-28-19-16-15-17-20-28/h15-17,19-24H,2-14,18,25H2,1H3,(H,34,36). The van der Waals surface area contributed by atoms with Crippen LogP contribution in [0.1, 0.15) is 107 Å². The second-order valence-electron chi connectivity index (χ2n) is 9.70. The van der Waals surface area contributed by atoms with Crippen molar-refractivity contribution in [1.82, 2.24) is 0 Å². The van der Waals surface area contributed by atoms with Gasteiger partial charge in [0.05, 0.1) is 0 Å². The number of Topliss-reactive ketones (excluding diaryl/α,β-unsaturated/α-hetero) is 1. The van der Waals surface area contributed by atoms with E-state index in [0.29, 0.717) is 22.9 Å². The number of para-hydroxylation sites is 1. The van der Waals surface area contributed by atoms with E-state index >= 15 is 0 Å². The molecule has 204 valence electrons. The van der Waals surface area contributed by atoms with Crippen molar-refractivity contribution in [3.63, 3.8) is 0 Å². The van der Waals surface area contributed by atoms with Gasteiger partial charge in [0.1, 0.15) is 0 Å². The molecule has 37 heavy (non-hydrogen) atoms. The van der Waals surface area contributed by atoms with Gasteiger partial charge in [0.15, 0.2) is 0 Å². The Hall–Kier alpha value is -1.69. The number of amides is 1. The fraction of sp³-hybridized carbons (Fsp3) is 0.548. The number of carbonyl (C=O) groups is 2. The van der Waals surface area contributed by atoms with Crippen molar-refractivity contribution >= 4 is 44.9 Å². The first-order chi connectivity index (χ1) is 18.0. The number of carbonyl (C=O) groups excluding carboxylic acids is 2. The van der Waals surface area contributed by atoms with Gasteiger partial charge in [-0.3, -0.25) is 9.59 Å². The third-order valence-electron chi connectivity index (χ3n) is 6.52. The zero-order chi connectivity index (χ0) is 26.8. The molecule has 0 heterocycles. The van der Waals surface area contributed by atoms with Crippen molar-refractivity contribution in [1.29, 1.82) is 0 Å². The number of halogens is 2. The molecule has 0 fully saturated rings. The van der Waals surface area contributed by atoms with Crippen molar-refractivity contribution in [2.75, 3.05) is 11.9 Å². The highest BCUT2D eigenvalue weighted by Crippen LogP contribution is 2.29. The van der Waals surface area contributed by atoms with E-state index in [-0.39, 0.29) is 0 Å². The van der Waals surface area contributed by atoms with Crippen LogP contribution < -0.4 is 5.32 Å². The highest BCUT2D eigenvalue weighted by atomic mass is 79.9. The Labute approximate surface area is 237 Å². The first-order valence-electron chi connectivity index (χ1n) is 14.0. The number of benzene rings is 2. The quantitative estimate of drug-likeness (QED) is 0.0720. The molecule has 0 bridgehead atoms. The molecule has 0 saturated heterocycles. The first-order valence-corrected chi connectivity index (χ1v) is 15.1. The molecule has 0 aromatic heterocycles. The van der Waals surface area contributed by atoms with Gasteiger partial charge in [-0.05, 0) is 58.7 Å². The van der Waals surface area contributed by atoms with Gasteiger partial charge in [0, 0.05) is 22.9 Å². The van der Waals surface area contributed by atoms with Crippen LogP contribution in [-0.2, 0) is 9.53 Å². The average molecular weight is 593 g/mol. The zero-order valence-corrected chi connectivity index (χ0v) is 24.6. The molecule has 6 heteroatoms. The Kier molecular flexibility index (Phi) is 15.8. The third kappa shape index (κ3) is 12.1. The number of rotatable bonds is 20. The fourth-order valence-electron chi connectivity index (χ4n) is 4.26. The van der Waals surface area contributed by atoms with Crippen molar-refractivity contribution in [3.8, 4) is 0 Å². The van der Waals surface area contributed by atoms with E-state index < -0.39 is 16.2 Å². The molecule has 0 aliphatic heterocycles. The lowest BCUT2D eigenvalue weighted by Gasteiger charge is -2.25. The molecule has 0 spiro atoms. The summed E-state index contributed by atoms with van der Waals surface area (Å²) in [6.07, 6.45) is 17.7. The van der Waals surface area contributed by atoms with Crippen LogP contribution in [0.2, 0.25) is 5.02 Å². The Bertz CT molecular complexity index is 906. The second-order valence-corrected chi connectivity index (χ2v) is 11.2. The minimum atomic E-state index is -1.81. The predicted molar refractivity (Wildman–Crippen MR) is 159 cm³/mol. The molecule has 0 aliphatic rings. The molecule has 2 aromatic rings. The van der Waals surface area contributed by atoms with Crippen LogP contribution in [0.15, 0.2) is 54.6 Å². The monoisotopic (exact) mass is 591 g/mol. The zero-order valence-electron chi connectivity index (χ0n) is 22.3. The predicted octanol–water partition coefficient (Wildman–Crippen LogP) is 9.75. The molecule has 1 atom stereocenters. The summed E-state index contributed by atoms with van der Waals surface area (Å²) in [5.74, 6) is -1.01. The van der Waals surface area contributed by atoms with Gasteiger partial charge < -0.3 is 10.1 Å². The Balaban J connectivity index is 1.72. The van der Waals surface area contributed by atoms with Gasteiger partial charge in [0.2, 0.25) is 5.78 Å². The van der Waals surface area contributed by atoms with Crippen molar-refractivity contribution in [3.05, 3.63) is 65.2 Å². The summed E-state index contributed by atoms with van der Waals surface area (Å²) in [5, 5.41) is 3.31. The van der Waals surface area contributed by atoms with Crippen LogP contribution in [0, 0.1) is 0 Å². The van der Waals surface area contributed by atoms with E-state index in [1.165, 1.54) is 70.6 Å². The van der Waals surface area contributed by atoms with Crippen LogP contribution in [-0.4, -0.2) is 22.8 Å². The van der Waals surface area contributed by atoms with E-state index in [1.54, 1.807) is 36.4 Å². The number of alkyl halides is 1. The van der Waals surface area contributed by atoms with Crippen molar-refractivity contribution in [2.45, 2.75) is 101 Å². The molecule has 0 aliphatic carbocycles. The first kappa shape index (κ1) is 31.5. The number of anilines is 1. The van der Waals surface area contributed by atoms with Crippen molar-refractivity contribution < 1.29 is 14.3 Å². The molecule has 0 saturated carbocycles. The fourth-order valence-corrected chi connectivity index (χ4v) is 4.88. The molecular formula is C31H43BrClNO3. The van der Waals surface area contributed by atoms with Crippen LogP contribution >= 0.6 is 27.5 Å². The normalized spacial score (nSPS) is 12.7. The summed E-state index contributed by atoms with van der Waals surface area (Å²) < 4.78 is 4.13. The SMILES string of the molecule is CCCCCCCCCCCCCCCCOC(Br)(C(=O)Nc1ccccc1)C(=O)c1ccc(Cl)cc1. The number of ketones is 1. The van der Waals surface area contributed by atoms with Crippen LogP contribution in [0.4, 0.5) is 5.69 Å². The lowest BCUT2D eigenvalue weighted by Crippen LogP contribution is -2.47. The van der Waals surface area contributed by atoms with E-state index in [0.717, 1.165) is 19.3 Å². The molecule has 0 radical (unpaired) electrons. The van der Waals surface area contributed by atoms with Gasteiger partial charge in [-0.25, -0.2) is 0 Å². The molecule has 4 nitrogen and oxygen atoms in total. The summed E-state index contributed by atoms with van der Waals surface area (Å²) in [6, 6.07) is 15.5. The molecule has 1 amide bonds. The number of nitrogens with one attached hydrogen (secondary N) is 1. The summed E-state index contributed by atoms with van der Waals surface area (Å²) in [4.78, 5) is 26.5. The molecule has 2 aromatic carbocycles. The van der Waals surface area contributed by atoms with Crippen LogP contribution in [0.5, 0.6) is 0 Å². The maximum absolute atomic E-state index is 13.3. The minimum Gasteiger partial charge on any atom is -0.348 e. The molecule has 2 rings (SSSR count). The number of hydrogen-bond donors (Lipinski definition) is 1. The molecular weight excluding hydrogens is 550 g/mol. The van der Waals surface area contributed by atoms with Gasteiger partial charge in [-0.2, -0.15) is 0 Å². The van der Waals surface area contributed by atoms with Crippen LogP contribution in [0.3, 0.4) is 0 Å². The topological polar surface area (TPSA) is 55.4 Å². The van der Waals surface area contributed by atoms with Gasteiger partial charge in [-0.15, -0.1) is 0 Å². The van der Waals surface area contributed by atoms with E-state index in [4.69, 9.17) is 16.3 Å². The Morgan fingerprint density at radius 3 is 1.76 bits per heavy atom. The lowest BCUT2D eigenvalue weighted by atomic mass is 10.0. The number of hydrogen-bond acceptors (Lipinski definition) is 3. The maximum Gasteiger partial charge on any atom is 0.276 e. The van der Waals surface area contributed by atoms with E-state index in [2.05, 4.69) is 28.2 Å². The third-order valence-corrected chi connectivity index (χ3v) is 7.72. The largest absolute Gasteiger partial charge is 0.348 e. The summed E-state index contributed by atoms with van der Waals surface area (Å²) in [6.45, 7) is 2.57. The van der Waals surface area contributed by atoms with E-state index in [9.17, 15) is 9.59 Å². The minimum absolute atomic E-state index is 0.310. The highest BCUT2D eigenvalue weighted by Gasteiger charge is 2.45. The van der Waals surface area contributed by atoms with Gasteiger partial charge in [0.25, 0.3) is 10.4 Å². The number of unbranched alkanes of at least 4 members (excludes halogenated alkanes) is 13. The summed E-state index contributed by atoms with van der Waals surface area (Å²) in [7, 11) is 0. The number of ether oxygens (including phenoxy) is 1.